The van der Waals surface area contributed by atoms with Crippen LogP contribution in [0.1, 0.15) is 12.8 Å². The van der Waals surface area contributed by atoms with Gasteiger partial charge in [0.1, 0.15) is 5.75 Å². The molecule has 1 fully saturated rings. The molecule has 0 radical (unpaired) electrons. The highest BCUT2D eigenvalue weighted by Crippen LogP contribution is 2.18. The van der Waals surface area contributed by atoms with Crippen molar-refractivity contribution >= 4 is 29.1 Å². The molecule has 0 bridgehead atoms. The van der Waals surface area contributed by atoms with Crippen molar-refractivity contribution in [1.29, 1.82) is 0 Å². The Labute approximate surface area is 117 Å². The Kier molecular flexibility index (Phi) is 4.72. The van der Waals surface area contributed by atoms with E-state index in [1.54, 1.807) is 29.2 Å². The Balaban J connectivity index is 1.84. The summed E-state index contributed by atoms with van der Waals surface area (Å²) in [7, 11) is 0. The summed E-state index contributed by atoms with van der Waals surface area (Å²) >= 11 is 11.9. The zero-order chi connectivity index (χ0) is 13.0. The summed E-state index contributed by atoms with van der Waals surface area (Å²) in [5.74, 6) is 0.579. The molecule has 1 heterocycles. The first kappa shape index (κ1) is 13.5. The lowest BCUT2D eigenvalue weighted by Gasteiger charge is -2.29. The molecular formula is C13H15Cl2NO2. The van der Waals surface area contributed by atoms with Gasteiger partial charge in [0.15, 0.2) is 6.61 Å². The third-order valence-corrected chi connectivity index (χ3v) is 3.47. The summed E-state index contributed by atoms with van der Waals surface area (Å²) in [6.45, 7) is 1.41. The summed E-state index contributed by atoms with van der Waals surface area (Å²) < 4.78 is 5.42. The number of alkyl halides is 1. The van der Waals surface area contributed by atoms with E-state index >= 15 is 0 Å². The van der Waals surface area contributed by atoms with E-state index < -0.39 is 0 Å². The minimum absolute atomic E-state index is 0.0275. The Morgan fingerprint density at radius 1 is 1.50 bits per heavy atom. The average molecular weight is 288 g/mol. The van der Waals surface area contributed by atoms with Crippen molar-refractivity contribution in [3.05, 3.63) is 29.3 Å². The monoisotopic (exact) mass is 287 g/mol. The maximum Gasteiger partial charge on any atom is 0.260 e. The van der Waals surface area contributed by atoms with Gasteiger partial charge in [0, 0.05) is 18.1 Å². The molecule has 1 aromatic carbocycles. The van der Waals surface area contributed by atoms with Crippen molar-refractivity contribution in [1.82, 2.24) is 4.90 Å². The molecule has 1 amide bonds. The van der Waals surface area contributed by atoms with Crippen molar-refractivity contribution in [2.75, 3.05) is 19.7 Å². The van der Waals surface area contributed by atoms with Crippen LogP contribution in [0.15, 0.2) is 24.3 Å². The van der Waals surface area contributed by atoms with Gasteiger partial charge in [-0.2, -0.15) is 0 Å². The van der Waals surface area contributed by atoms with E-state index in [-0.39, 0.29) is 17.9 Å². The Hall–Kier alpha value is -0.930. The molecule has 0 N–H and O–H groups in total. The number of rotatable bonds is 3. The zero-order valence-corrected chi connectivity index (χ0v) is 11.5. The molecule has 5 heteroatoms. The first-order chi connectivity index (χ1) is 8.65. The summed E-state index contributed by atoms with van der Waals surface area (Å²) in [6, 6.07) is 7.02. The summed E-state index contributed by atoms with van der Waals surface area (Å²) in [4.78, 5) is 13.7. The van der Waals surface area contributed by atoms with Crippen LogP contribution in [-0.4, -0.2) is 35.9 Å². The normalized spacial score (nSPS) is 19.7. The van der Waals surface area contributed by atoms with Crippen LogP contribution in [0.2, 0.25) is 5.02 Å². The van der Waals surface area contributed by atoms with Gasteiger partial charge in [-0.1, -0.05) is 17.7 Å². The standard InChI is InChI=1S/C13H15Cl2NO2/c14-10-3-1-5-12(7-10)18-9-13(17)16-6-2-4-11(15)8-16/h1,3,5,7,11H,2,4,6,8-9H2. The first-order valence-electron chi connectivity index (χ1n) is 5.95. The van der Waals surface area contributed by atoms with E-state index in [4.69, 9.17) is 27.9 Å². The second-order valence-electron chi connectivity index (χ2n) is 4.33. The van der Waals surface area contributed by atoms with Crippen molar-refractivity contribution in [3.63, 3.8) is 0 Å². The molecule has 0 spiro atoms. The third kappa shape index (κ3) is 3.79. The molecule has 2 rings (SSSR count). The first-order valence-corrected chi connectivity index (χ1v) is 6.77. The van der Waals surface area contributed by atoms with Crippen LogP contribution >= 0.6 is 23.2 Å². The van der Waals surface area contributed by atoms with E-state index in [0.717, 1.165) is 19.4 Å². The Morgan fingerprint density at radius 3 is 3.06 bits per heavy atom. The molecule has 18 heavy (non-hydrogen) atoms. The van der Waals surface area contributed by atoms with E-state index in [0.29, 0.717) is 17.3 Å². The Morgan fingerprint density at radius 2 is 2.33 bits per heavy atom. The van der Waals surface area contributed by atoms with Crippen LogP contribution < -0.4 is 4.74 Å². The average Bonchev–Trinajstić information content (AvgIpc) is 2.36. The van der Waals surface area contributed by atoms with E-state index in [9.17, 15) is 4.79 Å². The highest BCUT2D eigenvalue weighted by atomic mass is 35.5. The highest BCUT2D eigenvalue weighted by molar-refractivity contribution is 6.30. The minimum Gasteiger partial charge on any atom is -0.484 e. The molecule has 98 valence electrons. The molecule has 1 aliphatic heterocycles. The van der Waals surface area contributed by atoms with Crippen molar-refractivity contribution < 1.29 is 9.53 Å². The Bertz CT molecular complexity index is 425. The van der Waals surface area contributed by atoms with Crippen LogP contribution in [0.4, 0.5) is 0 Å². The van der Waals surface area contributed by atoms with Gasteiger partial charge in [-0.05, 0) is 31.0 Å². The van der Waals surface area contributed by atoms with Crippen LogP contribution in [0.3, 0.4) is 0 Å². The number of halogens is 2. The molecule has 1 aromatic rings. The molecule has 1 saturated heterocycles. The number of hydrogen-bond acceptors (Lipinski definition) is 2. The topological polar surface area (TPSA) is 29.5 Å². The fourth-order valence-electron chi connectivity index (χ4n) is 1.95. The van der Waals surface area contributed by atoms with Gasteiger partial charge in [-0.15, -0.1) is 11.6 Å². The van der Waals surface area contributed by atoms with E-state index in [1.165, 1.54) is 0 Å². The van der Waals surface area contributed by atoms with Gasteiger partial charge in [-0.3, -0.25) is 4.79 Å². The van der Waals surface area contributed by atoms with Gasteiger partial charge in [0.25, 0.3) is 5.91 Å². The van der Waals surface area contributed by atoms with Gasteiger partial charge >= 0.3 is 0 Å². The SMILES string of the molecule is O=C(COc1cccc(Cl)c1)N1CCCC(Cl)C1. The molecule has 0 aliphatic carbocycles. The molecule has 3 nitrogen and oxygen atoms in total. The summed E-state index contributed by atoms with van der Waals surface area (Å²) in [5, 5.41) is 0.660. The molecule has 0 aromatic heterocycles. The largest absolute Gasteiger partial charge is 0.484 e. The predicted octanol–water partition coefficient (Wildman–Crippen LogP) is 2.95. The van der Waals surface area contributed by atoms with Gasteiger partial charge in [0.05, 0.1) is 5.38 Å². The fraction of sp³-hybridized carbons (Fsp3) is 0.462. The number of benzene rings is 1. The maximum absolute atomic E-state index is 11.9. The van der Waals surface area contributed by atoms with E-state index in [2.05, 4.69) is 0 Å². The number of piperidine rings is 1. The van der Waals surface area contributed by atoms with Crippen LogP contribution in [0, 0.1) is 0 Å². The quantitative estimate of drug-likeness (QED) is 0.800. The van der Waals surface area contributed by atoms with Gasteiger partial charge in [0.2, 0.25) is 0 Å². The number of hydrogen-bond donors (Lipinski definition) is 0. The molecule has 1 unspecified atom stereocenters. The number of nitrogens with zero attached hydrogens (tertiary/aromatic N) is 1. The van der Waals surface area contributed by atoms with Crippen LogP contribution in [0.5, 0.6) is 5.75 Å². The predicted molar refractivity (Wildman–Crippen MR) is 72.4 cm³/mol. The van der Waals surface area contributed by atoms with Crippen molar-refractivity contribution in [2.45, 2.75) is 18.2 Å². The number of carbonyl (C=O) groups excluding carboxylic acids is 1. The maximum atomic E-state index is 11.9. The van der Waals surface area contributed by atoms with E-state index in [1.807, 2.05) is 0 Å². The second kappa shape index (κ2) is 6.30. The molecule has 1 aliphatic rings. The lowest BCUT2D eigenvalue weighted by molar-refractivity contribution is -0.134. The van der Waals surface area contributed by atoms with Crippen molar-refractivity contribution in [3.8, 4) is 5.75 Å². The van der Waals surface area contributed by atoms with Gasteiger partial charge < -0.3 is 9.64 Å². The van der Waals surface area contributed by atoms with Crippen LogP contribution in [-0.2, 0) is 4.79 Å². The minimum atomic E-state index is -0.0275. The molecule has 0 saturated carbocycles. The number of amides is 1. The summed E-state index contributed by atoms with van der Waals surface area (Å²) in [5.41, 5.74) is 0. The fourth-order valence-corrected chi connectivity index (χ4v) is 2.45. The summed E-state index contributed by atoms with van der Waals surface area (Å²) in [6.07, 6.45) is 1.93. The van der Waals surface area contributed by atoms with Crippen molar-refractivity contribution in [2.24, 2.45) is 0 Å². The molecule has 1 atom stereocenters. The lowest BCUT2D eigenvalue weighted by Crippen LogP contribution is -2.42. The third-order valence-electron chi connectivity index (χ3n) is 2.87. The number of likely N-dealkylation sites (tertiary alicyclic amines) is 1. The van der Waals surface area contributed by atoms with Crippen LogP contribution in [0.25, 0.3) is 0 Å². The molecular weight excluding hydrogens is 273 g/mol. The lowest BCUT2D eigenvalue weighted by atomic mass is 10.1. The number of carbonyl (C=O) groups is 1. The highest BCUT2D eigenvalue weighted by Gasteiger charge is 2.22. The zero-order valence-electron chi connectivity index (χ0n) is 9.94. The number of ether oxygens (including phenoxy) is 1. The smallest absolute Gasteiger partial charge is 0.260 e. The van der Waals surface area contributed by atoms with Gasteiger partial charge in [-0.25, -0.2) is 0 Å². The second-order valence-corrected chi connectivity index (χ2v) is 5.38.